The molecule has 0 aliphatic carbocycles. The summed E-state index contributed by atoms with van der Waals surface area (Å²) in [6, 6.07) is 6.11. The zero-order chi connectivity index (χ0) is 10.4. The van der Waals surface area contributed by atoms with Gasteiger partial charge >= 0.3 is 0 Å². The number of unbranched alkanes of at least 4 members (excludes halogenated alkanes) is 1. The van der Waals surface area contributed by atoms with E-state index >= 15 is 0 Å². The molecule has 0 heterocycles. The van der Waals surface area contributed by atoms with E-state index in [1.807, 2.05) is 17.8 Å². The Balaban J connectivity index is 2.57. The Bertz CT molecular complexity index is 289. The van der Waals surface area contributed by atoms with Crippen molar-refractivity contribution in [3.63, 3.8) is 0 Å². The molecule has 0 amide bonds. The number of halogens is 1. The van der Waals surface area contributed by atoms with E-state index in [1.54, 1.807) is 0 Å². The number of benzene rings is 1. The molecule has 3 heteroatoms. The predicted octanol–water partition coefficient (Wildman–Crippen LogP) is 3.83. The third-order valence-electron chi connectivity index (χ3n) is 1.96. The second-order valence-electron chi connectivity index (χ2n) is 3.11. The Labute approximate surface area is 98.0 Å². The lowest BCUT2D eigenvalue weighted by atomic mass is 10.2. The maximum absolute atomic E-state index is 8.99. The molecule has 0 aliphatic rings. The van der Waals surface area contributed by atoms with Crippen LogP contribution in [0.25, 0.3) is 0 Å². The van der Waals surface area contributed by atoms with Gasteiger partial charge in [-0.1, -0.05) is 35.3 Å². The number of aliphatic hydroxyl groups is 1. The van der Waals surface area contributed by atoms with Gasteiger partial charge in [-0.2, -0.15) is 0 Å². The first-order valence-electron chi connectivity index (χ1n) is 4.80. The van der Waals surface area contributed by atoms with Crippen LogP contribution in [-0.4, -0.2) is 10.9 Å². The number of hydrogen-bond donors (Lipinski definition) is 1. The van der Waals surface area contributed by atoms with E-state index in [2.05, 4.69) is 35.0 Å². The molecule has 1 aromatic carbocycles. The van der Waals surface area contributed by atoms with Crippen LogP contribution in [0.5, 0.6) is 0 Å². The van der Waals surface area contributed by atoms with Crippen molar-refractivity contribution in [2.75, 3.05) is 5.75 Å². The highest BCUT2D eigenvalue weighted by Crippen LogP contribution is 2.25. The first kappa shape index (κ1) is 12.1. The Morgan fingerprint density at radius 3 is 2.79 bits per heavy atom. The first-order chi connectivity index (χ1) is 6.77. The third-order valence-corrected chi connectivity index (χ3v) is 3.78. The molecule has 0 spiro atoms. The average molecular weight is 275 g/mol. The smallest absolute Gasteiger partial charge is 0.0692 e. The van der Waals surface area contributed by atoms with Crippen LogP contribution < -0.4 is 0 Å². The summed E-state index contributed by atoms with van der Waals surface area (Å²) in [7, 11) is 0. The van der Waals surface area contributed by atoms with Crippen LogP contribution in [0.1, 0.15) is 25.3 Å². The van der Waals surface area contributed by atoms with Crippen LogP contribution in [0, 0.1) is 0 Å². The third kappa shape index (κ3) is 3.64. The molecule has 0 aromatic heterocycles. The standard InChI is InChI=1S/C11H15BrOS/c1-2-3-6-14-10-5-4-9(8-13)11(12)7-10/h4-5,7,13H,2-3,6,8H2,1H3. The second kappa shape index (κ2) is 6.49. The minimum Gasteiger partial charge on any atom is -0.392 e. The molecular weight excluding hydrogens is 260 g/mol. The van der Waals surface area contributed by atoms with Gasteiger partial charge in [0, 0.05) is 9.37 Å². The van der Waals surface area contributed by atoms with Crippen LogP contribution in [0.2, 0.25) is 0 Å². The van der Waals surface area contributed by atoms with Gasteiger partial charge in [0.25, 0.3) is 0 Å². The molecule has 0 aliphatic heterocycles. The van der Waals surface area contributed by atoms with Crippen molar-refractivity contribution in [2.45, 2.75) is 31.3 Å². The van der Waals surface area contributed by atoms with Crippen LogP contribution >= 0.6 is 27.7 Å². The monoisotopic (exact) mass is 274 g/mol. The summed E-state index contributed by atoms with van der Waals surface area (Å²) >= 11 is 5.31. The summed E-state index contributed by atoms with van der Waals surface area (Å²) in [4.78, 5) is 1.27. The number of rotatable bonds is 5. The van der Waals surface area contributed by atoms with Crippen molar-refractivity contribution in [2.24, 2.45) is 0 Å². The molecule has 14 heavy (non-hydrogen) atoms. The predicted molar refractivity (Wildman–Crippen MR) is 65.7 cm³/mol. The van der Waals surface area contributed by atoms with Crippen molar-refractivity contribution in [1.29, 1.82) is 0 Å². The maximum Gasteiger partial charge on any atom is 0.0692 e. The highest BCUT2D eigenvalue weighted by molar-refractivity contribution is 9.10. The molecule has 0 radical (unpaired) electrons. The minimum absolute atomic E-state index is 0.0977. The van der Waals surface area contributed by atoms with Crippen LogP contribution in [0.4, 0.5) is 0 Å². The highest BCUT2D eigenvalue weighted by Gasteiger charge is 2.00. The normalized spacial score (nSPS) is 10.5. The van der Waals surface area contributed by atoms with E-state index in [0.717, 1.165) is 10.0 Å². The summed E-state index contributed by atoms with van der Waals surface area (Å²) < 4.78 is 1.00. The molecule has 1 nitrogen and oxygen atoms in total. The maximum atomic E-state index is 8.99. The Kier molecular flexibility index (Phi) is 5.60. The number of thioether (sulfide) groups is 1. The van der Waals surface area contributed by atoms with Gasteiger partial charge in [-0.05, 0) is 29.9 Å². The van der Waals surface area contributed by atoms with Gasteiger partial charge < -0.3 is 5.11 Å². The van der Waals surface area contributed by atoms with Crippen molar-refractivity contribution in [3.8, 4) is 0 Å². The van der Waals surface area contributed by atoms with E-state index in [9.17, 15) is 0 Å². The molecule has 0 unspecified atom stereocenters. The van der Waals surface area contributed by atoms with Crippen molar-refractivity contribution < 1.29 is 5.11 Å². The van der Waals surface area contributed by atoms with E-state index in [-0.39, 0.29) is 6.61 Å². The van der Waals surface area contributed by atoms with Gasteiger partial charge in [-0.15, -0.1) is 11.8 Å². The largest absolute Gasteiger partial charge is 0.392 e. The lowest BCUT2D eigenvalue weighted by Gasteiger charge is -2.04. The van der Waals surface area contributed by atoms with Crippen LogP contribution in [0.15, 0.2) is 27.6 Å². The Morgan fingerprint density at radius 2 is 2.21 bits per heavy atom. The molecule has 0 saturated carbocycles. The molecule has 0 fully saturated rings. The summed E-state index contributed by atoms with van der Waals surface area (Å²) in [5.74, 6) is 1.17. The van der Waals surface area contributed by atoms with E-state index in [0.29, 0.717) is 0 Å². The fourth-order valence-corrected chi connectivity index (χ4v) is 2.77. The lowest BCUT2D eigenvalue weighted by molar-refractivity contribution is 0.281. The molecular formula is C11H15BrOS. The zero-order valence-electron chi connectivity index (χ0n) is 8.29. The molecule has 78 valence electrons. The van der Waals surface area contributed by atoms with Gasteiger partial charge in [0.15, 0.2) is 0 Å². The van der Waals surface area contributed by atoms with Crippen LogP contribution in [0.3, 0.4) is 0 Å². The lowest BCUT2D eigenvalue weighted by Crippen LogP contribution is -1.86. The minimum atomic E-state index is 0.0977. The van der Waals surface area contributed by atoms with Gasteiger partial charge in [-0.3, -0.25) is 0 Å². The van der Waals surface area contributed by atoms with Crippen molar-refractivity contribution in [3.05, 3.63) is 28.2 Å². The topological polar surface area (TPSA) is 20.2 Å². The number of aliphatic hydroxyl groups excluding tert-OH is 1. The van der Waals surface area contributed by atoms with E-state index < -0.39 is 0 Å². The summed E-state index contributed by atoms with van der Waals surface area (Å²) in [5, 5.41) is 8.99. The second-order valence-corrected chi connectivity index (χ2v) is 5.14. The molecule has 1 rings (SSSR count). The van der Waals surface area contributed by atoms with Gasteiger partial charge in [0.2, 0.25) is 0 Å². The molecule has 0 bridgehead atoms. The van der Waals surface area contributed by atoms with Crippen molar-refractivity contribution in [1.82, 2.24) is 0 Å². The van der Waals surface area contributed by atoms with Crippen LogP contribution in [-0.2, 0) is 6.61 Å². The van der Waals surface area contributed by atoms with Gasteiger partial charge in [0.05, 0.1) is 6.61 Å². The summed E-state index contributed by atoms with van der Waals surface area (Å²) in [5.41, 5.74) is 0.949. The van der Waals surface area contributed by atoms with Gasteiger partial charge in [-0.25, -0.2) is 0 Å². The highest BCUT2D eigenvalue weighted by atomic mass is 79.9. The average Bonchev–Trinajstić information content (AvgIpc) is 2.18. The van der Waals surface area contributed by atoms with Gasteiger partial charge in [0.1, 0.15) is 0 Å². The fourth-order valence-electron chi connectivity index (χ4n) is 1.08. The summed E-state index contributed by atoms with van der Waals surface area (Å²) in [6.45, 7) is 2.30. The number of hydrogen-bond acceptors (Lipinski definition) is 2. The first-order valence-corrected chi connectivity index (χ1v) is 6.58. The Hall–Kier alpha value is 0.01000. The molecule has 0 saturated heterocycles. The quantitative estimate of drug-likeness (QED) is 0.651. The SMILES string of the molecule is CCCCSc1ccc(CO)c(Br)c1. The Morgan fingerprint density at radius 1 is 1.43 bits per heavy atom. The molecule has 1 aromatic rings. The molecule has 0 atom stereocenters. The molecule has 1 N–H and O–H groups in total. The van der Waals surface area contributed by atoms with Crippen molar-refractivity contribution >= 4 is 27.7 Å². The zero-order valence-corrected chi connectivity index (χ0v) is 10.7. The summed E-state index contributed by atoms with van der Waals surface area (Å²) in [6.07, 6.45) is 2.49. The fraction of sp³-hybridized carbons (Fsp3) is 0.455. The van der Waals surface area contributed by atoms with E-state index in [4.69, 9.17) is 5.11 Å². The van der Waals surface area contributed by atoms with E-state index in [1.165, 1.54) is 23.5 Å².